The van der Waals surface area contributed by atoms with Crippen molar-refractivity contribution in [3.8, 4) is 0 Å². The Kier molecular flexibility index (Phi) is 7.66. The topological polar surface area (TPSA) is 43.4 Å². The van der Waals surface area contributed by atoms with Gasteiger partial charge in [0, 0.05) is 30.5 Å². The number of hydrogen-bond acceptors (Lipinski definition) is 5. The van der Waals surface area contributed by atoms with Crippen LogP contribution in [0.2, 0.25) is 0 Å². The van der Waals surface area contributed by atoms with Gasteiger partial charge in [-0.15, -0.1) is 11.3 Å². The van der Waals surface area contributed by atoms with Crippen molar-refractivity contribution in [2.45, 2.75) is 52.6 Å². The third-order valence-electron chi connectivity index (χ3n) is 2.83. The first-order valence-electron chi connectivity index (χ1n) is 7.25. The molecule has 4 nitrogen and oxygen atoms in total. The molecule has 1 N–H and O–H groups in total. The number of rotatable bonds is 9. The molecule has 0 saturated carbocycles. The van der Waals surface area contributed by atoms with Crippen molar-refractivity contribution in [3.05, 3.63) is 15.6 Å². The van der Waals surface area contributed by atoms with Crippen LogP contribution in [0, 0.1) is 0 Å². The third-order valence-corrected chi connectivity index (χ3v) is 3.99. The Morgan fingerprint density at radius 2 is 1.95 bits per heavy atom. The van der Waals surface area contributed by atoms with Gasteiger partial charge in [-0.25, -0.2) is 4.98 Å². The number of aromatic nitrogens is 1. The summed E-state index contributed by atoms with van der Waals surface area (Å²) in [4.78, 5) is 6.07. The number of ether oxygens (including phenoxy) is 2. The molecule has 116 valence electrons. The highest BCUT2D eigenvalue weighted by Crippen LogP contribution is 2.20. The van der Waals surface area contributed by atoms with E-state index in [1.165, 1.54) is 15.6 Å². The van der Waals surface area contributed by atoms with Crippen LogP contribution < -0.4 is 5.32 Å². The lowest BCUT2D eigenvalue weighted by Crippen LogP contribution is -2.35. The fourth-order valence-corrected chi connectivity index (χ4v) is 2.79. The van der Waals surface area contributed by atoms with Gasteiger partial charge in [0.25, 0.3) is 0 Å². The molecule has 0 aromatic carbocycles. The Hall–Kier alpha value is -0.490. The van der Waals surface area contributed by atoms with Gasteiger partial charge >= 0.3 is 0 Å². The van der Waals surface area contributed by atoms with E-state index in [0.29, 0.717) is 19.8 Å². The van der Waals surface area contributed by atoms with E-state index in [2.05, 4.69) is 33.0 Å². The van der Waals surface area contributed by atoms with E-state index in [1.54, 1.807) is 18.4 Å². The summed E-state index contributed by atoms with van der Waals surface area (Å²) in [6.07, 6.45) is 1.87. The molecule has 0 aliphatic heterocycles. The fourth-order valence-electron chi connectivity index (χ4n) is 1.71. The van der Waals surface area contributed by atoms with Crippen LogP contribution in [0.1, 0.15) is 43.3 Å². The largest absolute Gasteiger partial charge is 0.382 e. The average molecular weight is 300 g/mol. The number of thiazole rings is 1. The maximum Gasteiger partial charge on any atom is 0.0954 e. The molecule has 0 saturated heterocycles. The highest BCUT2D eigenvalue weighted by Gasteiger charge is 2.13. The molecule has 20 heavy (non-hydrogen) atoms. The predicted molar refractivity (Wildman–Crippen MR) is 84.5 cm³/mol. The third kappa shape index (κ3) is 6.79. The van der Waals surface area contributed by atoms with Gasteiger partial charge in [-0.3, -0.25) is 0 Å². The number of aryl methyl sites for hydroxylation is 1. The van der Waals surface area contributed by atoms with Crippen LogP contribution in [0.3, 0.4) is 0 Å². The molecule has 1 aromatic heterocycles. The van der Waals surface area contributed by atoms with Crippen LogP contribution in [0.4, 0.5) is 0 Å². The molecule has 1 heterocycles. The van der Waals surface area contributed by atoms with Gasteiger partial charge in [-0.05, 0) is 27.2 Å². The number of nitrogens with one attached hydrogen (secondary N) is 1. The molecule has 0 aliphatic rings. The summed E-state index contributed by atoms with van der Waals surface area (Å²) >= 11 is 1.80. The Labute approximate surface area is 126 Å². The van der Waals surface area contributed by atoms with Crippen LogP contribution in [-0.4, -0.2) is 37.5 Å². The van der Waals surface area contributed by atoms with E-state index in [0.717, 1.165) is 19.4 Å². The zero-order valence-corrected chi connectivity index (χ0v) is 14.2. The minimum absolute atomic E-state index is 0.137. The van der Waals surface area contributed by atoms with Crippen molar-refractivity contribution in [3.63, 3.8) is 0 Å². The zero-order valence-electron chi connectivity index (χ0n) is 13.4. The van der Waals surface area contributed by atoms with Gasteiger partial charge in [0.2, 0.25) is 0 Å². The first-order valence-corrected chi connectivity index (χ1v) is 8.07. The summed E-state index contributed by atoms with van der Waals surface area (Å²) in [5, 5.41) is 4.70. The lowest BCUT2D eigenvalue weighted by atomic mass is 10.1. The molecule has 0 radical (unpaired) electrons. The summed E-state index contributed by atoms with van der Waals surface area (Å²) in [6.45, 7) is 11.6. The monoisotopic (exact) mass is 300 g/mol. The molecule has 5 heteroatoms. The van der Waals surface area contributed by atoms with Crippen LogP contribution >= 0.6 is 11.3 Å². The zero-order chi connectivity index (χ0) is 15.0. The first-order chi connectivity index (χ1) is 9.46. The van der Waals surface area contributed by atoms with E-state index in [1.807, 2.05) is 0 Å². The molecule has 0 unspecified atom stereocenters. The second-order valence-electron chi connectivity index (χ2n) is 5.79. The number of hydrogen-bond donors (Lipinski definition) is 1. The quantitative estimate of drug-likeness (QED) is 0.712. The molecule has 1 rings (SSSR count). The van der Waals surface area contributed by atoms with Crippen LogP contribution in [0.25, 0.3) is 0 Å². The van der Waals surface area contributed by atoms with Crippen molar-refractivity contribution in [1.82, 2.24) is 10.3 Å². The Bertz CT molecular complexity index is 386. The molecule has 0 aliphatic carbocycles. The maximum atomic E-state index is 5.50. The standard InChI is InChI=1S/C15H28N2O2S/c1-6-12-13(11-16-15(2,3)4)20-14(17-12)7-8-19-10-9-18-5/h16H,6-11H2,1-5H3. The number of methoxy groups -OCH3 is 1. The second kappa shape index (κ2) is 8.72. The summed E-state index contributed by atoms with van der Waals surface area (Å²) in [5.74, 6) is 0. The van der Waals surface area contributed by atoms with Gasteiger partial charge in [-0.2, -0.15) is 0 Å². The van der Waals surface area contributed by atoms with E-state index < -0.39 is 0 Å². The highest BCUT2D eigenvalue weighted by atomic mass is 32.1. The molecule has 0 amide bonds. The molecular formula is C15H28N2O2S. The molecule has 0 bridgehead atoms. The molecule has 0 fully saturated rings. The van der Waals surface area contributed by atoms with Crippen LogP contribution in [0.15, 0.2) is 0 Å². The van der Waals surface area contributed by atoms with E-state index in [4.69, 9.17) is 14.5 Å². The van der Waals surface area contributed by atoms with E-state index >= 15 is 0 Å². The summed E-state index contributed by atoms with van der Waals surface area (Å²) in [7, 11) is 1.69. The number of nitrogens with zero attached hydrogens (tertiary/aromatic N) is 1. The van der Waals surface area contributed by atoms with Crippen LogP contribution in [0.5, 0.6) is 0 Å². The van der Waals surface area contributed by atoms with Gasteiger partial charge in [0.1, 0.15) is 0 Å². The summed E-state index contributed by atoms with van der Waals surface area (Å²) < 4.78 is 10.5. The van der Waals surface area contributed by atoms with Crippen molar-refractivity contribution in [2.75, 3.05) is 26.9 Å². The van der Waals surface area contributed by atoms with Gasteiger partial charge < -0.3 is 14.8 Å². The summed E-state index contributed by atoms with van der Waals surface area (Å²) in [6, 6.07) is 0. The second-order valence-corrected chi connectivity index (χ2v) is 6.96. The first kappa shape index (κ1) is 17.6. The molecular weight excluding hydrogens is 272 g/mol. The molecule has 0 spiro atoms. The normalized spacial score (nSPS) is 12.1. The Morgan fingerprint density at radius 1 is 1.20 bits per heavy atom. The predicted octanol–water partition coefficient (Wildman–Crippen LogP) is 2.80. The Balaban J connectivity index is 2.46. The minimum Gasteiger partial charge on any atom is -0.382 e. The lowest BCUT2D eigenvalue weighted by molar-refractivity contribution is 0.0722. The minimum atomic E-state index is 0.137. The SMILES string of the molecule is CCc1nc(CCOCCOC)sc1CNC(C)(C)C. The van der Waals surface area contributed by atoms with E-state index in [-0.39, 0.29) is 5.54 Å². The van der Waals surface area contributed by atoms with Crippen molar-refractivity contribution in [2.24, 2.45) is 0 Å². The van der Waals surface area contributed by atoms with Crippen LogP contribution in [-0.2, 0) is 28.9 Å². The fraction of sp³-hybridized carbons (Fsp3) is 0.800. The Morgan fingerprint density at radius 3 is 2.55 bits per heavy atom. The van der Waals surface area contributed by atoms with Crippen molar-refractivity contribution >= 4 is 11.3 Å². The smallest absolute Gasteiger partial charge is 0.0954 e. The van der Waals surface area contributed by atoms with Crippen molar-refractivity contribution in [1.29, 1.82) is 0 Å². The van der Waals surface area contributed by atoms with E-state index in [9.17, 15) is 0 Å². The average Bonchev–Trinajstić information content (AvgIpc) is 2.78. The highest BCUT2D eigenvalue weighted by molar-refractivity contribution is 7.11. The molecule has 0 atom stereocenters. The lowest BCUT2D eigenvalue weighted by Gasteiger charge is -2.20. The van der Waals surface area contributed by atoms with Gasteiger partial charge in [0.05, 0.1) is 30.5 Å². The summed E-state index contributed by atoms with van der Waals surface area (Å²) in [5.41, 5.74) is 1.36. The maximum absolute atomic E-state index is 5.50. The van der Waals surface area contributed by atoms with Gasteiger partial charge in [-0.1, -0.05) is 6.92 Å². The van der Waals surface area contributed by atoms with Gasteiger partial charge in [0.15, 0.2) is 0 Å². The van der Waals surface area contributed by atoms with Crippen molar-refractivity contribution < 1.29 is 9.47 Å². The molecule has 1 aromatic rings.